The van der Waals surface area contributed by atoms with Crippen LogP contribution in [0.5, 0.6) is 0 Å². The van der Waals surface area contributed by atoms with Crippen LogP contribution < -0.4 is 5.32 Å². The molecule has 0 amide bonds. The van der Waals surface area contributed by atoms with Gasteiger partial charge in [0.1, 0.15) is 0 Å². The molecular weight excluding hydrogens is 302 g/mol. The Morgan fingerprint density at radius 2 is 1.79 bits per heavy atom. The number of rotatable bonds is 7. The van der Waals surface area contributed by atoms with Gasteiger partial charge in [-0.1, -0.05) is 34.6 Å². The van der Waals surface area contributed by atoms with E-state index in [0.29, 0.717) is 11.8 Å². The molecule has 0 fully saturated rings. The summed E-state index contributed by atoms with van der Waals surface area (Å²) in [5.74, 6) is 2.15. The van der Waals surface area contributed by atoms with Crippen molar-refractivity contribution in [2.24, 2.45) is 24.8 Å². The van der Waals surface area contributed by atoms with E-state index >= 15 is 0 Å². The number of nitrogens with zero attached hydrogens (tertiary/aromatic N) is 2. The third-order valence-electron chi connectivity index (χ3n) is 3.89. The second kappa shape index (κ2) is 7.44. The lowest BCUT2D eigenvalue weighted by Gasteiger charge is -2.25. The molecule has 1 heterocycles. The van der Waals surface area contributed by atoms with Crippen LogP contribution in [0.2, 0.25) is 0 Å². The summed E-state index contributed by atoms with van der Waals surface area (Å²) in [6, 6.07) is 0. The minimum Gasteiger partial charge on any atom is -0.311 e. The Hall–Kier alpha value is -0.350. The van der Waals surface area contributed by atoms with Crippen LogP contribution in [-0.4, -0.2) is 16.3 Å². The first kappa shape index (κ1) is 16.7. The minimum absolute atomic E-state index is 0.716. The second-order valence-electron chi connectivity index (χ2n) is 5.97. The molecule has 1 aromatic rings. The van der Waals surface area contributed by atoms with Gasteiger partial charge in [0.2, 0.25) is 0 Å². The van der Waals surface area contributed by atoms with Crippen LogP contribution in [0.15, 0.2) is 4.47 Å². The summed E-state index contributed by atoms with van der Waals surface area (Å²) in [7, 11) is 2.02. The Morgan fingerprint density at radius 1 is 1.21 bits per heavy atom. The summed E-state index contributed by atoms with van der Waals surface area (Å²) in [6.07, 6.45) is 0.967. The first-order valence-electron chi connectivity index (χ1n) is 7.29. The number of nitrogens with one attached hydrogen (secondary N) is 1. The third kappa shape index (κ3) is 4.32. The van der Waals surface area contributed by atoms with Gasteiger partial charge in [-0.15, -0.1) is 0 Å². The van der Waals surface area contributed by atoms with E-state index in [1.165, 1.54) is 5.69 Å². The summed E-state index contributed by atoms with van der Waals surface area (Å²) in [6.45, 7) is 13.3. The lowest BCUT2D eigenvalue weighted by molar-refractivity contribution is 0.274. The average Bonchev–Trinajstić information content (AvgIpc) is 2.59. The summed E-state index contributed by atoms with van der Waals surface area (Å²) >= 11 is 3.66. The zero-order valence-electron chi connectivity index (χ0n) is 13.1. The molecule has 0 aliphatic rings. The largest absolute Gasteiger partial charge is 0.311 e. The van der Waals surface area contributed by atoms with Gasteiger partial charge >= 0.3 is 0 Å². The molecule has 4 heteroatoms. The van der Waals surface area contributed by atoms with Crippen molar-refractivity contribution in [3.05, 3.63) is 15.9 Å². The van der Waals surface area contributed by atoms with Crippen LogP contribution in [-0.2, 0) is 20.0 Å². The highest BCUT2D eigenvalue weighted by Gasteiger charge is 2.18. The number of hydrogen-bond donors (Lipinski definition) is 1. The average molecular weight is 330 g/mol. The zero-order valence-corrected chi connectivity index (χ0v) is 14.7. The van der Waals surface area contributed by atoms with Crippen LogP contribution >= 0.6 is 15.9 Å². The van der Waals surface area contributed by atoms with Gasteiger partial charge in [0.15, 0.2) is 0 Å². The van der Waals surface area contributed by atoms with Crippen LogP contribution in [0.1, 0.15) is 46.0 Å². The molecule has 0 aliphatic carbocycles. The maximum atomic E-state index is 4.53. The molecule has 19 heavy (non-hydrogen) atoms. The van der Waals surface area contributed by atoms with Gasteiger partial charge < -0.3 is 5.32 Å². The Bertz CT molecular complexity index is 388. The predicted molar refractivity (Wildman–Crippen MR) is 85.2 cm³/mol. The van der Waals surface area contributed by atoms with Crippen molar-refractivity contribution in [2.75, 3.05) is 6.54 Å². The maximum Gasteiger partial charge on any atom is 0.0767 e. The molecule has 0 aliphatic heterocycles. The number of aromatic nitrogens is 2. The molecule has 0 spiro atoms. The standard InChI is InChI=1S/C15H28BrN3/c1-7-13-15(16)14(19(6)18-13)9-17-8-12(10(2)3)11(4)5/h10-12,17H,7-9H2,1-6H3. The van der Waals surface area contributed by atoms with Crippen molar-refractivity contribution >= 4 is 15.9 Å². The first-order chi connectivity index (χ1) is 8.88. The quantitative estimate of drug-likeness (QED) is 0.825. The van der Waals surface area contributed by atoms with E-state index in [0.717, 1.165) is 35.6 Å². The fourth-order valence-corrected chi connectivity index (χ4v) is 3.37. The Morgan fingerprint density at radius 3 is 2.21 bits per heavy atom. The van der Waals surface area contributed by atoms with Crippen LogP contribution in [0.4, 0.5) is 0 Å². The monoisotopic (exact) mass is 329 g/mol. The zero-order chi connectivity index (χ0) is 14.6. The molecule has 0 aromatic carbocycles. The van der Waals surface area contributed by atoms with Gasteiger partial charge in [-0.05, 0) is 46.6 Å². The van der Waals surface area contributed by atoms with E-state index in [1.54, 1.807) is 0 Å². The lowest BCUT2D eigenvalue weighted by atomic mass is 9.85. The summed E-state index contributed by atoms with van der Waals surface area (Å²) in [5, 5.41) is 8.12. The smallest absolute Gasteiger partial charge is 0.0767 e. The van der Waals surface area contributed by atoms with Crippen molar-refractivity contribution < 1.29 is 0 Å². The van der Waals surface area contributed by atoms with E-state index in [1.807, 2.05) is 11.7 Å². The van der Waals surface area contributed by atoms with Crippen molar-refractivity contribution in [2.45, 2.75) is 47.6 Å². The predicted octanol–water partition coefficient (Wildman–Crippen LogP) is 3.76. The fourth-order valence-electron chi connectivity index (χ4n) is 2.61. The van der Waals surface area contributed by atoms with Gasteiger partial charge in [0.25, 0.3) is 0 Å². The SMILES string of the molecule is CCc1nn(C)c(CNCC(C(C)C)C(C)C)c1Br. The molecule has 0 saturated heterocycles. The van der Waals surface area contributed by atoms with Gasteiger partial charge in [-0.3, -0.25) is 4.68 Å². The topological polar surface area (TPSA) is 29.9 Å². The number of hydrogen-bond acceptors (Lipinski definition) is 2. The minimum atomic E-state index is 0.716. The van der Waals surface area contributed by atoms with Gasteiger partial charge in [-0.25, -0.2) is 0 Å². The molecule has 3 nitrogen and oxygen atoms in total. The second-order valence-corrected chi connectivity index (χ2v) is 6.76. The molecule has 1 rings (SSSR count). The molecule has 1 N–H and O–H groups in total. The summed E-state index contributed by atoms with van der Waals surface area (Å²) < 4.78 is 3.14. The van der Waals surface area contributed by atoms with E-state index in [9.17, 15) is 0 Å². The van der Waals surface area contributed by atoms with Crippen molar-refractivity contribution in [3.8, 4) is 0 Å². The summed E-state index contributed by atoms with van der Waals surface area (Å²) in [5.41, 5.74) is 2.38. The molecular formula is C15H28BrN3. The Kier molecular flexibility index (Phi) is 6.54. The number of aryl methyl sites for hydroxylation is 2. The van der Waals surface area contributed by atoms with Crippen molar-refractivity contribution in [3.63, 3.8) is 0 Å². The van der Waals surface area contributed by atoms with Crippen LogP contribution in [0, 0.1) is 17.8 Å². The molecule has 0 atom stereocenters. The van der Waals surface area contributed by atoms with Gasteiger partial charge in [-0.2, -0.15) is 5.10 Å². The van der Waals surface area contributed by atoms with Gasteiger partial charge in [0.05, 0.1) is 15.9 Å². The maximum absolute atomic E-state index is 4.53. The van der Waals surface area contributed by atoms with E-state index in [2.05, 4.69) is 61.0 Å². The van der Waals surface area contributed by atoms with Gasteiger partial charge in [0, 0.05) is 13.6 Å². The highest BCUT2D eigenvalue weighted by molar-refractivity contribution is 9.10. The molecule has 0 bridgehead atoms. The lowest BCUT2D eigenvalue weighted by Crippen LogP contribution is -2.30. The molecule has 1 aromatic heterocycles. The summed E-state index contributed by atoms with van der Waals surface area (Å²) in [4.78, 5) is 0. The molecule has 110 valence electrons. The van der Waals surface area contributed by atoms with E-state index in [-0.39, 0.29) is 0 Å². The normalized spacial score (nSPS) is 12.1. The van der Waals surface area contributed by atoms with E-state index in [4.69, 9.17) is 0 Å². The molecule has 0 radical (unpaired) electrons. The van der Waals surface area contributed by atoms with Crippen molar-refractivity contribution in [1.82, 2.24) is 15.1 Å². The Balaban J connectivity index is 2.60. The van der Waals surface area contributed by atoms with Crippen molar-refractivity contribution in [1.29, 1.82) is 0 Å². The molecule has 0 saturated carbocycles. The number of halogens is 1. The Labute approximate surface area is 126 Å². The fraction of sp³-hybridized carbons (Fsp3) is 0.800. The molecule has 0 unspecified atom stereocenters. The first-order valence-corrected chi connectivity index (χ1v) is 8.08. The highest BCUT2D eigenvalue weighted by Crippen LogP contribution is 2.22. The third-order valence-corrected chi connectivity index (χ3v) is 4.80. The highest BCUT2D eigenvalue weighted by atomic mass is 79.9. The van der Waals surface area contributed by atoms with E-state index < -0.39 is 0 Å². The van der Waals surface area contributed by atoms with Crippen LogP contribution in [0.25, 0.3) is 0 Å². The van der Waals surface area contributed by atoms with Crippen LogP contribution in [0.3, 0.4) is 0 Å².